The van der Waals surface area contributed by atoms with Crippen LogP contribution >= 0.6 is 0 Å². The molecular weight excluding hydrogens is 380 g/mol. The van der Waals surface area contributed by atoms with Crippen molar-refractivity contribution in [2.75, 3.05) is 32.8 Å². The van der Waals surface area contributed by atoms with Gasteiger partial charge in [-0.05, 0) is 43.4 Å². The zero-order valence-electron chi connectivity index (χ0n) is 18.1. The summed E-state index contributed by atoms with van der Waals surface area (Å²) in [6.45, 7) is 9.83. The Morgan fingerprint density at radius 3 is 2.30 bits per heavy atom. The number of hydrogen-bond donors (Lipinski definition) is 1. The maximum Gasteiger partial charge on any atom is 0.258 e. The first kappa shape index (κ1) is 23.4. The van der Waals surface area contributed by atoms with Crippen molar-refractivity contribution >= 4 is 11.7 Å². The molecule has 0 unspecified atom stereocenters. The maximum atomic E-state index is 12.2. The Hall–Kier alpha value is -2.86. The molecule has 6 heteroatoms. The van der Waals surface area contributed by atoms with E-state index in [4.69, 9.17) is 9.47 Å². The van der Waals surface area contributed by atoms with Crippen LogP contribution in [0.2, 0.25) is 0 Å². The Kier molecular flexibility index (Phi) is 9.87. The number of carbonyl (C=O) groups is 2. The van der Waals surface area contributed by atoms with E-state index in [2.05, 4.69) is 24.1 Å². The molecule has 0 saturated carbocycles. The molecule has 0 aliphatic carbocycles. The molecule has 0 heterocycles. The number of ether oxygens (including phenoxy) is 2. The Labute approximate surface area is 179 Å². The molecule has 0 atom stereocenters. The summed E-state index contributed by atoms with van der Waals surface area (Å²) in [5.41, 5.74) is 1.57. The minimum Gasteiger partial charge on any atom is -0.492 e. The Morgan fingerprint density at radius 1 is 0.933 bits per heavy atom. The number of nitrogens with zero attached hydrogens (tertiary/aromatic N) is 1. The molecule has 30 heavy (non-hydrogen) atoms. The predicted molar refractivity (Wildman–Crippen MR) is 118 cm³/mol. The van der Waals surface area contributed by atoms with Gasteiger partial charge >= 0.3 is 0 Å². The van der Waals surface area contributed by atoms with E-state index in [0.29, 0.717) is 30.9 Å². The maximum absolute atomic E-state index is 12.2. The van der Waals surface area contributed by atoms with E-state index in [1.807, 2.05) is 31.2 Å². The second-order valence-electron chi connectivity index (χ2n) is 6.85. The number of likely N-dealkylation sites (N-methyl/N-ethyl adjacent to an activating group) is 1. The molecule has 1 N–H and O–H groups in total. The molecule has 1 amide bonds. The second-order valence-corrected chi connectivity index (χ2v) is 6.85. The summed E-state index contributed by atoms with van der Waals surface area (Å²) < 4.78 is 11.4. The highest BCUT2D eigenvalue weighted by atomic mass is 16.5. The highest BCUT2D eigenvalue weighted by Gasteiger charge is 2.08. The normalized spacial score (nSPS) is 10.7. The van der Waals surface area contributed by atoms with Gasteiger partial charge in [0.2, 0.25) is 0 Å². The summed E-state index contributed by atoms with van der Waals surface area (Å²) >= 11 is 0. The molecule has 0 aromatic heterocycles. The van der Waals surface area contributed by atoms with Gasteiger partial charge in [-0.1, -0.05) is 39.0 Å². The van der Waals surface area contributed by atoms with Gasteiger partial charge in [0.25, 0.3) is 5.91 Å². The van der Waals surface area contributed by atoms with Crippen LogP contribution in [0.15, 0.2) is 48.5 Å². The van der Waals surface area contributed by atoms with Gasteiger partial charge < -0.3 is 19.7 Å². The first-order valence-corrected chi connectivity index (χ1v) is 10.5. The number of rotatable bonds is 13. The summed E-state index contributed by atoms with van der Waals surface area (Å²) in [4.78, 5) is 26.1. The quantitative estimate of drug-likeness (QED) is 0.508. The van der Waals surface area contributed by atoms with E-state index in [1.165, 1.54) is 0 Å². The lowest BCUT2D eigenvalue weighted by molar-refractivity contribution is -0.123. The second kappa shape index (κ2) is 12.6. The van der Waals surface area contributed by atoms with Gasteiger partial charge in [0, 0.05) is 30.6 Å². The number of amides is 1. The molecule has 0 aliphatic heterocycles. The minimum absolute atomic E-state index is 0.0808. The molecule has 0 bridgehead atoms. The van der Waals surface area contributed by atoms with E-state index < -0.39 is 0 Å². The average molecular weight is 413 g/mol. The largest absolute Gasteiger partial charge is 0.492 e. The van der Waals surface area contributed by atoms with E-state index in [-0.39, 0.29) is 18.3 Å². The Morgan fingerprint density at radius 2 is 1.63 bits per heavy atom. The standard InChI is InChI=1S/C24H32N2O4/c1-4-22(27)19-11-13-21(14-12-19)30-18-24(28)25-17-20-9-7-8-10-23(20)29-16-15-26(5-2)6-3/h7-14H,4-6,15-18H2,1-3H3,(H,25,28). The number of Topliss-reactive ketones (excluding diaryl/α,β-unsaturated/α-hetero) is 1. The van der Waals surface area contributed by atoms with Crippen molar-refractivity contribution in [1.82, 2.24) is 10.2 Å². The number of carbonyl (C=O) groups excluding carboxylic acids is 2. The van der Waals surface area contributed by atoms with Crippen molar-refractivity contribution in [2.45, 2.75) is 33.7 Å². The molecule has 0 fully saturated rings. The number of hydrogen-bond acceptors (Lipinski definition) is 5. The van der Waals surface area contributed by atoms with Crippen molar-refractivity contribution in [3.8, 4) is 11.5 Å². The van der Waals surface area contributed by atoms with Crippen LogP contribution in [0.4, 0.5) is 0 Å². The molecule has 0 saturated heterocycles. The van der Waals surface area contributed by atoms with Gasteiger partial charge in [0.1, 0.15) is 18.1 Å². The number of para-hydroxylation sites is 1. The zero-order valence-corrected chi connectivity index (χ0v) is 18.1. The zero-order chi connectivity index (χ0) is 21.8. The molecule has 2 rings (SSSR count). The van der Waals surface area contributed by atoms with Gasteiger partial charge in [-0.15, -0.1) is 0 Å². The summed E-state index contributed by atoms with van der Waals surface area (Å²) in [6, 6.07) is 14.5. The SMILES string of the molecule is CCC(=O)c1ccc(OCC(=O)NCc2ccccc2OCCN(CC)CC)cc1. The molecule has 2 aromatic carbocycles. The third kappa shape index (κ3) is 7.52. The van der Waals surface area contributed by atoms with Gasteiger partial charge in [-0.3, -0.25) is 9.59 Å². The van der Waals surface area contributed by atoms with Gasteiger partial charge in [-0.25, -0.2) is 0 Å². The van der Waals surface area contributed by atoms with Crippen molar-refractivity contribution in [3.63, 3.8) is 0 Å². The summed E-state index contributed by atoms with van der Waals surface area (Å²) in [6.07, 6.45) is 0.462. The lowest BCUT2D eigenvalue weighted by Gasteiger charge is -2.19. The van der Waals surface area contributed by atoms with Crippen LogP contribution in [-0.2, 0) is 11.3 Å². The lowest BCUT2D eigenvalue weighted by atomic mass is 10.1. The summed E-state index contributed by atoms with van der Waals surface area (Å²) in [7, 11) is 0. The fourth-order valence-corrected chi connectivity index (χ4v) is 2.95. The minimum atomic E-state index is -0.221. The molecule has 0 spiro atoms. The van der Waals surface area contributed by atoms with E-state index >= 15 is 0 Å². The first-order valence-electron chi connectivity index (χ1n) is 10.5. The van der Waals surface area contributed by atoms with Gasteiger partial charge in [-0.2, -0.15) is 0 Å². The van der Waals surface area contributed by atoms with Crippen LogP contribution in [0.3, 0.4) is 0 Å². The van der Waals surface area contributed by atoms with Gasteiger partial charge in [0.15, 0.2) is 12.4 Å². The van der Waals surface area contributed by atoms with Crippen LogP contribution < -0.4 is 14.8 Å². The van der Waals surface area contributed by atoms with Gasteiger partial charge in [0.05, 0.1) is 0 Å². The summed E-state index contributed by atoms with van der Waals surface area (Å²) in [5, 5.41) is 2.86. The third-order valence-electron chi connectivity index (χ3n) is 4.88. The number of nitrogens with one attached hydrogen (secondary N) is 1. The van der Waals surface area contributed by atoms with Crippen molar-refractivity contribution in [1.29, 1.82) is 0 Å². The van der Waals surface area contributed by atoms with Crippen molar-refractivity contribution < 1.29 is 19.1 Å². The van der Waals surface area contributed by atoms with Crippen LogP contribution in [0, 0.1) is 0 Å². The fraction of sp³-hybridized carbons (Fsp3) is 0.417. The number of ketones is 1. The van der Waals surface area contributed by atoms with E-state index in [9.17, 15) is 9.59 Å². The summed E-state index contributed by atoms with van der Waals surface area (Å²) in [5.74, 6) is 1.19. The van der Waals surface area contributed by atoms with E-state index in [1.54, 1.807) is 24.3 Å². The third-order valence-corrected chi connectivity index (χ3v) is 4.88. The van der Waals surface area contributed by atoms with Crippen LogP contribution in [0.5, 0.6) is 11.5 Å². The molecule has 2 aromatic rings. The first-order chi connectivity index (χ1) is 14.6. The molecule has 0 aliphatic rings. The topological polar surface area (TPSA) is 67.9 Å². The Balaban J connectivity index is 1.79. The molecule has 162 valence electrons. The smallest absolute Gasteiger partial charge is 0.258 e. The Bertz CT molecular complexity index is 801. The molecular formula is C24H32N2O4. The van der Waals surface area contributed by atoms with E-state index in [0.717, 1.165) is 30.9 Å². The van der Waals surface area contributed by atoms with Crippen LogP contribution in [0.1, 0.15) is 43.1 Å². The van der Waals surface area contributed by atoms with Crippen LogP contribution in [0.25, 0.3) is 0 Å². The highest BCUT2D eigenvalue weighted by molar-refractivity contribution is 5.95. The molecule has 0 radical (unpaired) electrons. The van der Waals surface area contributed by atoms with Crippen molar-refractivity contribution in [3.05, 3.63) is 59.7 Å². The number of benzene rings is 2. The molecule has 6 nitrogen and oxygen atoms in total. The fourth-order valence-electron chi connectivity index (χ4n) is 2.95. The monoisotopic (exact) mass is 412 g/mol. The van der Waals surface area contributed by atoms with Crippen molar-refractivity contribution in [2.24, 2.45) is 0 Å². The van der Waals surface area contributed by atoms with Crippen LogP contribution in [-0.4, -0.2) is 49.4 Å². The highest BCUT2D eigenvalue weighted by Crippen LogP contribution is 2.18. The predicted octanol–water partition coefficient (Wildman–Crippen LogP) is 3.70. The lowest BCUT2D eigenvalue weighted by Crippen LogP contribution is -2.29. The average Bonchev–Trinajstić information content (AvgIpc) is 2.79.